The summed E-state index contributed by atoms with van der Waals surface area (Å²) in [7, 11) is 0. The molecule has 0 aliphatic heterocycles. The van der Waals surface area contributed by atoms with E-state index >= 15 is 0 Å². The maximum absolute atomic E-state index is 6.02. The number of hydrogen-bond donors (Lipinski definition) is 0. The number of aryl methyl sites for hydroxylation is 1. The molecule has 2 aliphatic rings. The van der Waals surface area contributed by atoms with Gasteiger partial charge in [-0.1, -0.05) is 47.1 Å². The van der Waals surface area contributed by atoms with Crippen molar-refractivity contribution < 1.29 is 4.52 Å². The van der Waals surface area contributed by atoms with E-state index in [1.165, 1.54) is 47.9 Å². The van der Waals surface area contributed by atoms with Crippen molar-refractivity contribution in [2.45, 2.75) is 50.4 Å². The Kier molecular flexibility index (Phi) is 4.09. The Morgan fingerprint density at radius 2 is 1.73 bits per heavy atom. The first-order chi connectivity index (χ1) is 12.8. The van der Waals surface area contributed by atoms with Gasteiger partial charge in [0.05, 0.1) is 0 Å². The van der Waals surface area contributed by atoms with Crippen LogP contribution in [0.4, 0.5) is 0 Å². The molecule has 3 heteroatoms. The Balaban J connectivity index is 1.35. The van der Waals surface area contributed by atoms with E-state index in [1.807, 2.05) is 18.2 Å². The summed E-state index contributed by atoms with van der Waals surface area (Å²) in [5.74, 6) is 2.29. The number of halogens is 1. The normalized spacial score (nSPS) is 21.9. The molecule has 0 N–H and O–H groups in total. The van der Waals surface area contributed by atoms with Crippen LogP contribution in [0.3, 0.4) is 0 Å². The third-order valence-electron chi connectivity index (χ3n) is 6.11. The van der Waals surface area contributed by atoms with Crippen LogP contribution >= 0.6 is 11.6 Å². The largest absolute Gasteiger partial charge is 0.360 e. The second kappa shape index (κ2) is 6.59. The quantitative estimate of drug-likeness (QED) is 0.532. The topological polar surface area (TPSA) is 26.0 Å². The molecule has 2 aliphatic carbocycles. The number of rotatable bonds is 2. The van der Waals surface area contributed by atoms with Crippen LogP contribution in [-0.2, 0) is 12.8 Å². The lowest BCUT2D eigenvalue weighted by Gasteiger charge is -2.28. The first kappa shape index (κ1) is 16.1. The molecule has 1 aromatic heterocycles. The van der Waals surface area contributed by atoms with Gasteiger partial charge < -0.3 is 4.52 Å². The minimum atomic E-state index is 0.506. The van der Waals surface area contributed by atoms with Crippen molar-refractivity contribution in [3.8, 4) is 11.3 Å². The Bertz CT molecular complexity index is 920. The molecular formula is C23H21ClNO. The lowest BCUT2D eigenvalue weighted by molar-refractivity contribution is 0.306. The highest BCUT2D eigenvalue weighted by Crippen LogP contribution is 2.44. The van der Waals surface area contributed by atoms with E-state index in [1.54, 1.807) is 0 Å². The van der Waals surface area contributed by atoms with E-state index in [2.05, 4.69) is 35.5 Å². The highest BCUT2D eigenvalue weighted by molar-refractivity contribution is 6.30. The maximum Gasteiger partial charge on any atom is 0.143 e. The second-order valence-electron chi connectivity index (χ2n) is 7.56. The van der Waals surface area contributed by atoms with E-state index in [-0.39, 0.29) is 0 Å². The molecule has 0 spiro atoms. The Hall–Kier alpha value is -2.06. The summed E-state index contributed by atoms with van der Waals surface area (Å²) in [6.07, 6.45) is 6.85. The number of hydrogen-bond acceptors (Lipinski definition) is 2. The van der Waals surface area contributed by atoms with Gasteiger partial charge in [-0.2, -0.15) is 0 Å². The van der Waals surface area contributed by atoms with Crippen molar-refractivity contribution in [2.75, 3.05) is 0 Å². The van der Waals surface area contributed by atoms with Crippen LogP contribution in [0.2, 0.25) is 5.02 Å². The van der Waals surface area contributed by atoms with Crippen LogP contribution in [0.25, 0.3) is 11.3 Å². The zero-order valence-electron chi connectivity index (χ0n) is 14.7. The second-order valence-corrected chi connectivity index (χ2v) is 7.99. The predicted molar refractivity (Wildman–Crippen MR) is 104 cm³/mol. The Labute approximate surface area is 159 Å². The maximum atomic E-state index is 6.02. The van der Waals surface area contributed by atoms with Crippen LogP contribution in [-0.4, -0.2) is 5.16 Å². The van der Waals surface area contributed by atoms with Crippen LogP contribution in [0, 0.1) is 6.07 Å². The standard InChI is InChI=1S/C23H21ClNO/c24-19-12-9-16(10-13-19)15-5-7-18(8-6-15)23-21-14-11-17-3-1-2-4-20(17)22(21)25-26-23/h2-4,9-10,12-13,15,18H,5-8,11,14H2. The summed E-state index contributed by atoms with van der Waals surface area (Å²) in [6.45, 7) is 0. The first-order valence-corrected chi connectivity index (χ1v) is 9.90. The average molecular weight is 363 g/mol. The van der Waals surface area contributed by atoms with Crippen molar-refractivity contribution in [3.63, 3.8) is 0 Å². The van der Waals surface area contributed by atoms with E-state index in [9.17, 15) is 0 Å². The number of fused-ring (bicyclic) bond motifs is 3. The van der Waals surface area contributed by atoms with E-state index in [4.69, 9.17) is 16.1 Å². The van der Waals surface area contributed by atoms with Gasteiger partial charge in [0.1, 0.15) is 11.5 Å². The highest BCUT2D eigenvalue weighted by Gasteiger charge is 2.31. The molecule has 1 fully saturated rings. The van der Waals surface area contributed by atoms with Gasteiger partial charge in [-0.15, -0.1) is 0 Å². The molecule has 5 rings (SSSR count). The fourth-order valence-corrected chi connectivity index (χ4v) is 4.81. The van der Waals surface area contributed by atoms with Crippen LogP contribution in [0.1, 0.15) is 60.0 Å². The molecule has 131 valence electrons. The van der Waals surface area contributed by atoms with E-state index in [0.717, 1.165) is 29.3 Å². The summed E-state index contributed by atoms with van der Waals surface area (Å²) < 4.78 is 5.89. The smallest absolute Gasteiger partial charge is 0.143 e. The monoisotopic (exact) mass is 362 g/mol. The van der Waals surface area contributed by atoms with Crippen LogP contribution in [0.5, 0.6) is 0 Å². The van der Waals surface area contributed by atoms with Gasteiger partial charge in [0.2, 0.25) is 0 Å². The highest BCUT2D eigenvalue weighted by atomic mass is 35.5. The van der Waals surface area contributed by atoms with Gasteiger partial charge >= 0.3 is 0 Å². The molecule has 1 radical (unpaired) electrons. The molecule has 2 aromatic carbocycles. The first-order valence-electron chi connectivity index (χ1n) is 9.53. The summed E-state index contributed by atoms with van der Waals surface area (Å²) >= 11 is 6.02. The molecule has 3 aromatic rings. The van der Waals surface area contributed by atoms with Crippen LogP contribution in [0.15, 0.2) is 47.0 Å². The zero-order valence-corrected chi connectivity index (χ0v) is 15.4. The van der Waals surface area contributed by atoms with Gasteiger partial charge in [-0.05, 0) is 73.8 Å². The predicted octanol–water partition coefficient (Wildman–Crippen LogP) is 6.34. The lowest BCUT2D eigenvalue weighted by Crippen LogP contribution is -2.14. The third-order valence-corrected chi connectivity index (χ3v) is 6.36. The van der Waals surface area contributed by atoms with Gasteiger partial charge in [0.15, 0.2) is 0 Å². The van der Waals surface area contributed by atoms with Crippen molar-refractivity contribution in [1.82, 2.24) is 5.16 Å². The van der Waals surface area contributed by atoms with E-state index in [0.29, 0.717) is 11.8 Å². The molecule has 0 atom stereocenters. The fourth-order valence-electron chi connectivity index (χ4n) is 4.68. The molecule has 1 saturated carbocycles. The van der Waals surface area contributed by atoms with E-state index < -0.39 is 0 Å². The zero-order chi connectivity index (χ0) is 17.5. The van der Waals surface area contributed by atoms with Crippen molar-refractivity contribution >= 4 is 11.6 Å². The molecule has 0 amide bonds. The van der Waals surface area contributed by atoms with Gasteiger partial charge in [-0.25, -0.2) is 0 Å². The van der Waals surface area contributed by atoms with Crippen molar-refractivity contribution in [3.05, 3.63) is 76.0 Å². The third kappa shape index (κ3) is 2.77. The van der Waals surface area contributed by atoms with Gasteiger partial charge in [0, 0.05) is 22.1 Å². The average Bonchev–Trinajstić information content (AvgIpc) is 3.13. The number of benzene rings is 2. The number of nitrogens with zero attached hydrogens (tertiary/aromatic N) is 1. The summed E-state index contributed by atoms with van der Waals surface area (Å²) in [4.78, 5) is 0. The van der Waals surface area contributed by atoms with Gasteiger partial charge in [0.25, 0.3) is 0 Å². The molecule has 0 unspecified atom stereocenters. The Morgan fingerprint density at radius 1 is 0.962 bits per heavy atom. The fraction of sp³-hybridized carbons (Fsp3) is 0.348. The molecule has 0 saturated heterocycles. The minimum Gasteiger partial charge on any atom is -0.360 e. The summed E-state index contributed by atoms with van der Waals surface area (Å²) in [5, 5.41) is 5.27. The SMILES string of the molecule is Clc1ccc(C2CCC(c3onc4c3CCc3c[c]ccc3-4)CC2)cc1. The molecule has 1 heterocycles. The van der Waals surface area contributed by atoms with Gasteiger partial charge in [-0.3, -0.25) is 0 Å². The molecule has 0 bridgehead atoms. The summed E-state index contributed by atoms with van der Waals surface area (Å²) in [5.41, 5.74) is 6.40. The van der Waals surface area contributed by atoms with Crippen molar-refractivity contribution in [1.29, 1.82) is 0 Å². The lowest BCUT2D eigenvalue weighted by atomic mass is 9.76. The van der Waals surface area contributed by atoms with Crippen molar-refractivity contribution in [2.24, 2.45) is 0 Å². The summed E-state index contributed by atoms with van der Waals surface area (Å²) in [6, 6.07) is 17.7. The van der Waals surface area contributed by atoms with Crippen LogP contribution < -0.4 is 0 Å². The number of aromatic nitrogens is 1. The molecule has 26 heavy (non-hydrogen) atoms. The Morgan fingerprint density at radius 3 is 2.54 bits per heavy atom. The molecular weight excluding hydrogens is 342 g/mol. The minimum absolute atomic E-state index is 0.506. The molecule has 2 nitrogen and oxygen atoms in total.